The number of esters is 1. The Balaban J connectivity index is 2.19. The molecule has 0 aromatic heterocycles. The molecule has 0 bridgehead atoms. The van der Waals surface area contributed by atoms with E-state index in [0.717, 1.165) is 16.7 Å². The Bertz CT molecular complexity index is 670. The number of benzene rings is 2. The van der Waals surface area contributed by atoms with Crippen LogP contribution in [0.1, 0.15) is 15.9 Å². The lowest BCUT2D eigenvalue weighted by molar-refractivity contribution is -0.113. The van der Waals surface area contributed by atoms with Gasteiger partial charge in [0.25, 0.3) is 0 Å². The Hall–Kier alpha value is -2.88. The van der Waals surface area contributed by atoms with Crippen LogP contribution >= 0.6 is 0 Å². The van der Waals surface area contributed by atoms with E-state index in [2.05, 4.69) is 4.74 Å². The molecule has 4 heteroatoms. The maximum atomic E-state index is 11.4. The molecule has 4 nitrogen and oxygen atoms in total. The number of ether oxygens (including phenoxy) is 1. The van der Waals surface area contributed by atoms with E-state index < -0.39 is 5.91 Å². The molecule has 0 unspecified atom stereocenters. The molecule has 0 aliphatic rings. The summed E-state index contributed by atoms with van der Waals surface area (Å²) in [4.78, 5) is 22.0. The Kier molecular flexibility index (Phi) is 4.51. The first-order valence-corrected chi connectivity index (χ1v) is 6.36. The van der Waals surface area contributed by atoms with E-state index in [1.165, 1.54) is 13.2 Å². The average Bonchev–Trinajstić information content (AvgIpc) is 2.53. The summed E-state index contributed by atoms with van der Waals surface area (Å²) >= 11 is 0. The molecule has 0 atom stereocenters. The van der Waals surface area contributed by atoms with Gasteiger partial charge in [-0.15, -0.1) is 0 Å². The van der Waals surface area contributed by atoms with Crippen LogP contribution in [-0.2, 0) is 9.53 Å². The monoisotopic (exact) mass is 281 g/mol. The van der Waals surface area contributed by atoms with E-state index in [4.69, 9.17) is 5.73 Å². The zero-order chi connectivity index (χ0) is 15.2. The predicted molar refractivity (Wildman–Crippen MR) is 81.4 cm³/mol. The fourth-order valence-electron chi connectivity index (χ4n) is 1.88. The third kappa shape index (κ3) is 3.79. The zero-order valence-corrected chi connectivity index (χ0v) is 11.6. The van der Waals surface area contributed by atoms with Gasteiger partial charge in [-0.2, -0.15) is 0 Å². The van der Waals surface area contributed by atoms with Gasteiger partial charge in [0.2, 0.25) is 5.91 Å². The fraction of sp³-hybridized carbons (Fsp3) is 0.0588. The summed E-state index contributed by atoms with van der Waals surface area (Å²) in [5, 5.41) is 0. The lowest BCUT2D eigenvalue weighted by Crippen LogP contribution is -2.04. The minimum Gasteiger partial charge on any atom is -0.465 e. The van der Waals surface area contributed by atoms with Crippen molar-refractivity contribution in [1.29, 1.82) is 0 Å². The highest BCUT2D eigenvalue weighted by Gasteiger charge is 2.05. The molecular weight excluding hydrogens is 266 g/mol. The molecule has 21 heavy (non-hydrogen) atoms. The molecule has 2 aromatic carbocycles. The van der Waals surface area contributed by atoms with Crippen molar-refractivity contribution in [1.82, 2.24) is 0 Å². The van der Waals surface area contributed by atoms with Gasteiger partial charge in [0.15, 0.2) is 0 Å². The van der Waals surface area contributed by atoms with Crippen molar-refractivity contribution < 1.29 is 14.3 Å². The van der Waals surface area contributed by atoms with Gasteiger partial charge in [-0.1, -0.05) is 36.4 Å². The quantitative estimate of drug-likeness (QED) is 0.692. The number of carbonyl (C=O) groups excluding carboxylic acids is 2. The Morgan fingerprint density at radius 1 is 0.952 bits per heavy atom. The topological polar surface area (TPSA) is 69.4 Å². The maximum absolute atomic E-state index is 11.4. The Labute approximate surface area is 122 Å². The van der Waals surface area contributed by atoms with Crippen LogP contribution in [0.2, 0.25) is 0 Å². The minimum absolute atomic E-state index is 0.353. The molecule has 0 saturated carbocycles. The number of nitrogens with two attached hydrogens (primary N) is 1. The molecule has 0 spiro atoms. The van der Waals surface area contributed by atoms with Crippen molar-refractivity contribution in [2.24, 2.45) is 5.73 Å². The highest BCUT2D eigenvalue weighted by molar-refractivity contribution is 5.90. The van der Waals surface area contributed by atoms with Gasteiger partial charge in [0.05, 0.1) is 12.7 Å². The highest BCUT2D eigenvalue weighted by atomic mass is 16.5. The number of hydrogen-bond acceptors (Lipinski definition) is 3. The SMILES string of the molecule is COC(=O)c1ccc(-c2ccc(/C=C\C(N)=O)cc2)cc1. The van der Waals surface area contributed by atoms with Crippen molar-refractivity contribution in [3.8, 4) is 11.1 Å². The van der Waals surface area contributed by atoms with E-state index in [1.807, 2.05) is 36.4 Å². The first kappa shape index (κ1) is 14.5. The van der Waals surface area contributed by atoms with Crippen molar-refractivity contribution in [2.75, 3.05) is 7.11 Å². The van der Waals surface area contributed by atoms with Crippen LogP contribution in [0, 0.1) is 0 Å². The second kappa shape index (κ2) is 6.52. The van der Waals surface area contributed by atoms with E-state index in [9.17, 15) is 9.59 Å². The van der Waals surface area contributed by atoms with Crippen LogP contribution < -0.4 is 5.73 Å². The van der Waals surface area contributed by atoms with E-state index >= 15 is 0 Å². The van der Waals surface area contributed by atoms with Gasteiger partial charge < -0.3 is 10.5 Å². The maximum Gasteiger partial charge on any atom is 0.337 e. The van der Waals surface area contributed by atoms with Crippen molar-refractivity contribution in [3.63, 3.8) is 0 Å². The number of rotatable bonds is 4. The smallest absolute Gasteiger partial charge is 0.337 e. The predicted octanol–water partition coefficient (Wildman–Crippen LogP) is 2.64. The molecule has 0 aliphatic heterocycles. The molecule has 2 N–H and O–H groups in total. The summed E-state index contributed by atoms with van der Waals surface area (Å²) in [6.45, 7) is 0. The second-order valence-electron chi connectivity index (χ2n) is 4.43. The molecule has 0 fully saturated rings. The van der Waals surface area contributed by atoms with Crippen molar-refractivity contribution in [3.05, 3.63) is 65.7 Å². The normalized spacial score (nSPS) is 10.5. The summed E-state index contributed by atoms with van der Waals surface area (Å²) < 4.78 is 4.66. The highest BCUT2D eigenvalue weighted by Crippen LogP contribution is 2.21. The Morgan fingerprint density at radius 3 is 1.95 bits per heavy atom. The van der Waals surface area contributed by atoms with Crippen LogP contribution in [0.4, 0.5) is 0 Å². The number of primary amides is 1. The van der Waals surface area contributed by atoms with Crippen molar-refractivity contribution in [2.45, 2.75) is 0 Å². The molecule has 106 valence electrons. The van der Waals surface area contributed by atoms with Gasteiger partial charge in [0.1, 0.15) is 0 Å². The van der Waals surface area contributed by atoms with Crippen LogP contribution in [0.15, 0.2) is 54.6 Å². The molecular formula is C17H15NO3. The van der Waals surface area contributed by atoms with Gasteiger partial charge in [-0.05, 0) is 34.9 Å². The zero-order valence-electron chi connectivity index (χ0n) is 11.6. The molecule has 2 aromatic rings. The summed E-state index contributed by atoms with van der Waals surface area (Å²) in [5.41, 5.74) is 8.47. The van der Waals surface area contributed by atoms with Crippen LogP contribution in [0.3, 0.4) is 0 Å². The first-order chi connectivity index (χ1) is 10.1. The largest absolute Gasteiger partial charge is 0.465 e. The molecule has 0 heterocycles. The van der Waals surface area contributed by atoms with E-state index in [-0.39, 0.29) is 5.97 Å². The van der Waals surface area contributed by atoms with Gasteiger partial charge >= 0.3 is 5.97 Å². The number of hydrogen-bond donors (Lipinski definition) is 1. The van der Waals surface area contributed by atoms with E-state index in [1.54, 1.807) is 18.2 Å². The minimum atomic E-state index is -0.475. The molecule has 0 radical (unpaired) electrons. The Morgan fingerprint density at radius 2 is 1.48 bits per heavy atom. The molecule has 0 saturated heterocycles. The molecule has 1 amide bonds. The lowest BCUT2D eigenvalue weighted by Gasteiger charge is -2.04. The lowest BCUT2D eigenvalue weighted by atomic mass is 10.0. The van der Waals surface area contributed by atoms with E-state index in [0.29, 0.717) is 5.56 Å². The van der Waals surface area contributed by atoms with Crippen LogP contribution in [-0.4, -0.2) is 19.0 Å². The van der Waals surface area contributed by atoms with Gasteiger partial charge in [-0.25, -0.2) is 4.79 Å². The second-order valence-corrected chi connectivity index (χ2v) is 4.43. The van der Waals surface area contributed by atoms with Crippen LogP contribution in [0.5, 0.6) is 0 Å². The van der Waals surface area contributed by atoms with Crippen LogP contribution in [0.25, 0.3) is 17.2 Å². The van der Waals surface area contributed by atoms with Gasteiger partial charge in [-0.3, -0.25) is 4.79 Å². The summed E-state index contributed by atoms with van der Waals surface area (Å²) in [6.07, 6.45) is 2.98. The fourth-order valence-corrected chi connectivity index (χ4v) is 1.88. The number of amides is 1. The van der Waals surface area contributed by atoms with Crippen molar-refractivity contribution >= 4 is 18.0 Å². The molecule has 0 aliphatic carbocycles. The first-order valence-electron chi connectivity index (χ1n) is 6.36. The average molecular weight is 281 g/mol. The third-order valence-electron chi connectivity index (χ3n) is 2.99. The van der Waals surface area contributed by atoms with Gasteiger partial charge in [0, 0.05) is 6.08 Å². The molecule has 2 rings (SSSR count). The summed E-state index contributed by atoms with van der Waals surface area (Å²) in [7, 11) is 1.36. The summed E-state index contributed by atoms with van der Waals surface area (Å²) in [6, 6.07) is 14.8. The third-order valence-corrected chi connectivity index (χ3v) is 2.99. The standard InChI is InChI=1S/C17H15NO3/c1-21-17(20)15-9-7-14(8-10-15)13-5-2-12(3-6-13)4-11-16(18)19/h2-11H,1H3,(H2,18,19)/b11-4-. The number of carbonyl (C=O) groups is 2. The number of methoxy groups -OCH3 is 1. The summed E-state index contributed by atoms with van der Waals surface area (Å²) in [5.74, 6) is -0.828.